The van der Waals surface area contributed by atoms with Gasteiger partial charge in [-0.2, -0.15) is 10.2 Å². The third-order valence-electron chi connectivity index (χ3n) is 2.35. The number of nitrogens with zero attached hydrogens (tertiary/aromatic N) is 4. The third kappa shape index (κ3) is 3.09. The standard InChI is InChI=1S/C11H15N5O2/c1-2-15-5-9(3-13-15)8-18-11(17)7-16-6-10(12)4-14-16/h3-6H,2,7-8,12H2,1H3. The summed E-state index contributed by atoms with van der Waals surface area (Å²) < 4.78 is 8.32. The van der Waals surface area contributed by atoms with Crippen molar-refractivity contribution in [3.8, 4) is 0 Å². The highest BCUT2D eigenvalue weighted by atomic mass is 16.5. The van der Waals surface area contributed by atoms with Crippen molar-refractivity contribution in [1.82, 2.24) is 19.6 Å². The van der Waals surface area contributed by atoms with E-state index in [9.17, 15) is 4.79 Å². The summed E-state index contributed by atoms with van der Waals surface area (Å²) in [5, 5.41) is 7.99. The maximum absolute atomic E-state index is 11.5. The summed E-state index contributed by atoms with van der Waals surface area (Å²) in [6, 6.07) is 0. The van der Waals surface area contributed by atoms with E-state index in [1.165, 1.54) is 10.9 Å². The van der Waals surface area contributed by atoms with E-state index in [0.717, 1.165) is 12.1 Å². The Balaban J connectivity index is 1.81. The molecule has 0 bridgehead atoms. The maximum atomic E-state index is 11.5. The number of hydrogen-bond acceptors (Lipinski definition) is 5. The molecule has 2 N–H and O–H groups in total. The highest BCUT2D eigenvalue weighted by molar-refractivity contribution is 5.69. The molecule has 7 nitrogen and oxygen atoms in total. The molecule has 0 amide bonds. The summed E-state index contributed by atoms with van der Waals surface area (Å²) in [7, 11) is 0. The van der Waals surface area contributed by atoms with E-state index < -0.39 is 0 Å². The van der Waals surface area contributed by atoms with Gasteiger partial charge in [0.25, 0.3) is 0 Å². The van der Waals surface area contributed by atoms with Gasteiger partial charge >= 0.3 is 5.97 Å². The average molecular weight is 249 g/mol. The minimum atomic E-state index is -0.359. The maximum Gasteiger partial charge on any atom is 0.328 e. The summed E-state index contributed by atoms with van der Waals surface area (Å²) in [5.41, 5.74) is 6.88. The van der Waals surface area contributed by atoms with Crippen LogP contribution in [-0.2, 0) is 29.2 Å². The molecular formula is C11H15N5O2. The van der Waals surface area contributed by atoms with Gasteiger partial charge < -0.3 is 10.5 Å². The fourth-order valence-corrected chi connectivity index (χ4v) is 1.46. The predicted molar refractivity (Wildman–Crippen MR) is 64.3 cm³/mol. The van der Waals surface area contributed by atoms with Gasteiger partial charge in [-0.3, -0.25) is 14.2 Å². The monoisotopic (exact) mass is 249 g/mol. The van der Waals surface area contributed by atoms with Crippen LogP contribution in [0.1, 0.15) is 12.5 Å². The van der Waals surface area contributed by atoms with Crippen LogP contribution in [0.2, 0.25) is 0 Å². The van der Waals surface area contributed by atoms with Gasteiger partial charge in [-0.15, -0.1) is 0 Å². The number of anilines is 1. The van der Waals surface area contributed by atoms with Crippen LogP contribution in [0.25, 0.3) is 0 Å². The van der Waals surface area contributed by atoms with E-state index in [1.807, 2.05) is 13.1 Å². The second-order valence-corrected chi connectivity index (χ2v) is 3.84. The van der Waals surface area contributed by atoms with E-state index in [-0.39, 0.29) is 19.1 Å². The molecule has 0 radical (unpaired) electrons. The number of carbonyl (C=O) groups excluding carboxylic acids is 1. The minimum absolute atomic E-state index is 0.0547. The van der Waals surface area contributed by atoms with Crippen molar-refractivity contribution < 1.29 is 9.53 Å². The molecule has 0 aliphatic rings. The lowest BCUT2D eigenvalue weighted by Gasteiger charge is -2.03. The second-order valence-electron chi connectivity index (χ2n) is 3.84. The molecule has 0 aliphatic heterocycles. The molecule has 0 saturated carbocycles. The second kappa shape index (κ2) is 5.35. The quantitative estimate of drug-likeness (QED) is 0.776. The minimum Gasteiger partial charge on any atom is -0.459 e. The Labute approximate surface area is 104 Å². The van der Waals surface area contributed by atoms with Gasteiger partial charge in [-0.1, -0.05) is 0 Å². The van der Waals surface area contributed by atoms with E-state index in [1.54, 1.807) is 17.1 Å². The Morgan fingerprint density at radius 1 is 1.33 bits per heavy atom. The van der Waals surface area contributed by atoms with Crippen molar-refractivity contribution in [2.24, 2.45) is 0 Å². The number of nitrogen functional groups attached to an aromatic ring is 1. The van der Waals surface area contributed by atoms with Crippen LogP contribution in [0, 0.1) is 0 Å². The normalized spacial score (nSPS) is 10.5. The van der Waals surface area contributed by atoms with Crippen LogP contribution in [0.15, 0.2) is 24.8 Å². The van der Waals surface area contributed by atoms with Crippen LogP contribution in [-0.4, -0.2) is 25.5 Å². The van der Waals surface area contributed by atoms with Gasteiger partial charge in [-0.05, 0) is 6.92 Å². The highest BCUT2D eigenvalue weighted by Gasteiger charge is 2.06. The SMILES string of the molecule is CCn1cc(COC(=O)Cn2cc(N)cn2)cn1. The molecule has 7 heteroatoms. The number of nitrogens with two attached hydrogens (primary N) is 1. The molecule has 0 unspecified atom stereocenters. The summed E-state index contributed by atoms with van der Waals surface area (Å²) >= 11 is 0. The predicted octanol–water partition coefficient (Wildman–Crippen LogP) is 0.425. The Morgan fingerprint density at radius 2 is 2.11 bits per heavy atom. The molecule has 0 spiro atoms. The smallest absolute Gasteiger partial charge is 0.328 e. The third-order valence-corrected chi connectivity index (χ3v) is 2.35. The zero-order chi connectivity index (χ0) is 13.0. The molecular weight excluding hydrogens is 234 g/mol. The molecule has 2 rings (SSSR count). The van der Waals surface area contributed by atoms with E-state index in [4.69, 9.17) is 10.5 Å². The molecule has 0 saturated heterocycles. The molecule has 0 fully saturated rings. The number of hydrogen-bond donors (Lipinski definition) is 1. The topological polar surface area (TPSA) is 88.0 Å². The zero-order valence-electron chi connectivity index (χ0n) is 10.1. The highest BCUT2D eigenvalue weighted by Crippen LogP contribution is 2.02. The lowest BCUT2D eigenvalue weighted by Crippen LogP contribution is -2.13. The molecule has 18 heavy (non-hydrogen) atoms. The van der Waals surface area contributed by atoms with Gasteiger partial charge in [0.1, 0.15) is 13.2 Å². The van der Waals surface area contributed by atoms with E-state index in [2.05, 4.69) is 10.2 Å². The number of aromatic nitrogens is 4. The largest absolute Gasteiger partial charge is 0.459 e. The fraction of sp³-hybridized carbons (Fsp3) is 0.364. The molecule has 2 aromatic rings. The van der Waals surface area contributed by atoms with Gasteiger partial charge in [0, 0.05) is 24.5 Å². The fourth-order valence-electron chi connectivity index (χ4n) is 1.46. The van der Waals surface area contributed by atoms with Crippen molar-refractivity contribution in [3.05, 3.63) is 30.4 Å². The molecule has 96 valence electrons. The first-order valence-corrected chi connectivity index (χ1v) is 5.62. The van der Waals surface area contributed by atoms with Crippen molar-refractivity contribution in [3.63, 3.8) is 0 Å². The first-order chi connectivity index (χ1) is 8.67. The lowest BCUT2D eigenvalue weighted by atomic mass is 10.4. The molecule has 2 heterocycles. The number of aryl methyl sites for hydroxylation is 1. The van der Waals surface area contributed by atoms with Crippen molar-refractivity contribution in [1.29, 1.82) is 0 Å². The molecule has 2 aromatic heterocycles. The lowest BCUT2D eigenvalue weighted by molar-refractivity contribution is -0.145. The Kier molecular flexibility index (Phi) is 3.61. The summed E-state index contributed by atoms with van der Waals surface area (Å²) in [4.78, 5) is 11.5. The van der Waals surface area contributed by atoms with Crippen LogP contribution >= 0.6 is 0 Å². The number of esters is 1. The Hall–Kier alpha value is -2.31. The number of rotatable bonds is 5. The van der Waals surface area contributed by atoms with Crippen LogP contribution in [0.4, 0.5) is 5.69 Å². The van der Waals surface area contributed by atoms with Gasteiger partial charge in [-0.25, -0.2) is 0 Å². The zero-order valence-corrected chi connectivity index (χ0v) is 10.1. The van der Waals surface area contributed by atoms with Crippen molar-refractivity contribution in [2.45, 2.75) is 26.6 Å². The van der Waals surface area contributed by atoms with E-state index >= 15 is 0 Å². The summed E-state index contributed by atoms with van der Waals surface area (Å²) in [6.45, 7) is 3.06. The summed E-state index contributed by atoms with van der Waals surface area (Å²) in [6.07, 6.45) is 6.59. The van der Waals surface area contributed by atoms with Crippen LogP contribution in [0.5, 0.6) is 0 Å². The van der Waals surface area contributed by atoms with Crippen molar-refractivity contribution >= 4 is 11.7 Å². The average Bonchev–Trinajstić information content (AvgIpc) is 2.95. The Morgan fingerprint density at radius 3 is 2.72 bits per heavy atom. The van der Waals surface area contributed by atoms with Crippen LogP contribution in [0.3, 0.4) is 0 Å². The first kappa shape index (κ1) is 12.2. The molecule has 0 atom stereocenters. The molecule has 0 aromatic carbocycles. The van der Waals surface area contributed by atoms with Gasteiger partial charge in [0.15, 0.2) is 0 Å². The number of carbonyl (C=O) groups is 1. The van der Waals surface area contributed by atoms with Gasteiger partial charge in [0.05, 0.1) is 18.1 Å². The van der Waals surface area contributed by atoms with E-state index in [0.29, 0.717) is 5.69 Å². The Bertz CT molecular complexity index is 531. The summed E-state index contributed by atoms with van der Waals surface area (Å²) in [5.74, 6) is -0.359. The van der Waals surface area contributed by atoms with Gasteiger partial charge in [0.2, 0.25) is 0 Å². The van der Waals surface area contributed by atoms with Crippen molar-refractivity contribution in [2.75, 3.05) is 5.73 Å². The molecule has 0 aliphatic carbocycles. The van der Waals surface area contributed by atoms with Crippen LogP contribution < -0.4 is 5.73 Å². The number of ether oxygens (including phenoxy) is 1. The first-order valence-electron chi connectivity index (χ1n) is 5.62.